The molecule has 23 heavy (non-hydrogen) atoms. The Bertz CT molecular complexity index is 507. The van der Waals surface area contributed by atoms with Crippen molar-refractivity contribution in [2.24, 2.45) is 17.6 Å². The number of alkyl halides is 4. The third-order valence-electron chi connectivity index (χ3n) is 4.45. The molecular weight excluding hydrogens is 322 g/mol. The molecule has 1 heterocycles. The van der Waals surface area contributed by atoms with E-state index in [4.69, 9.17) is 5.73 Å². The predicted octanol–water partition coefficient (Wildman–Crippen LogP) is 1.10. The smallest absolute Gasteiger partial charge is 0.369 e. The van der Waals surface area contributed by atoms with Gasteiger partial charge in [0, 0.05) is 5.92 Å². The van der Waals surface area contributed by atoms with Crippen molar-refractivity contribution in [2.45, 2.75) is 50.6 Å². The number of rotatable bonds is 2. The molecule has 1 saturated heterocycles. The van der Waals surface area contributed by atoms with E-state index in [0.717, 1.165) is 0 Å². The molecule has 10 heteroatoms. The Labute approximate surface area is 129 Å². The average Bonchev–Trinajstić information content (AvgIpc) is 2.38. The van der Waals surface area contributed by atoms with Crippen molar-refractivity contribution in [3.8, 4) is 0 Å². The van der Waals surface area contributed by atoms with Gasteiger partial charge in [-0.2, -0.15) is 13.2 Å². The first-order chi connectivity index (χ1) is 10.5. The first-order valence-corrected chi connectivity index (χ1v) is 7.15. The lowest BCUT2D eigenvalue weighted by Crippen LogP contribution is -2.64. The number of nitrogens with one attached hydrogen (secondary N) is 1. The molecule has 6 nitrogen and oxygen atoms in total. The second-order valence-electron chi connectivity index (χ2n) is 6.05. The Morgan fingerprint density at radius 2 is 1.91 bits per heavy atom. The second kappa shape index (κ2) is 5.97. The molecule has 2 fully saturated rings. The number of hydrogen-bond acceptors (Lipinski definition) is 3. The standard InChI is InChI=1S/C13H17F4N3O3/c1-5-2-7(14)8(3-6(5)11(18)22)20-10(21)4-9(13(15,16)17)19-12(20)23/h5-9H,2-4H2,1H3,(H2,18,22)(H,19,23). The minimum atomic E-state index is -4.76. The quantitative estimate of drug-likeness (QED) is 0.738. The lowest BCUT2D eigenvalue weighted by Gasteiger charge is -2.42. The molecule has 3 N–H and O–H groups in total. The fraction of sp³-hybridized carbons (Fsp3) is 0.769. The van der Waals surface area contributed by atoms with Crippen LogP contribution >= 0.6 is 0 Å². The summed E-state index contributed by atoms with van der Waals surface area (Å²) in [4.78, 5) is 35.7. The fourth-order valence-electron chi connectivity index (χ4n) is 3.17. The molecule has 2 rings (SSSR count). The molecular formula is C13H17F4N3O3. The zero-order chi connectivity index (χ0) is 17.5. The van der Waals surface area contributed by atoms with Crippen LogP contribution < -0.4 is 11.1 Å². The summed E-state index contributed by atoms with van der Waals surface area (Å²) in [7, 11) is 0. The summed E-state index contributed by atoms with van der Waals surface area (Å²) in [6.45, 7) is 1.62. The van der Waals surface area contributed by atoms with Crippen LogP contribution in [0.15, 0.2) is 0 Å². The van der Waals surface area contributed by atoms with Crippen molar-refractivity contribution in [2.75, 3.05) is 0 Å². The van der Waals surface area contributed by atoms with Gasteiger partial charge in [0.2, 0.25) is 11.8 Å². The Balaban J connectivity index is 2.19. The lowest BCUT2D eigenvalue weighted by atomic mass is 9.76. The monoisotopic (exact) mass is 339 g/mol. The van der Waals surface area contributed by atoms with Crippen LogP contribution in [0.3, 0.4) is 0 Å². The molecule has 0 spiro atoms. The Kier molecular flexibility index (Phi) is 4.54. The highest BCUT2D eigenvalue weighted by molar-refractivity contribution is 5.98. The maximum atomic E-state index is 14.2. The van der Waals surface area contributed by atoms with Gasteiger partial charge in [-0.3, -0.25) is 14.5 Å². The van der Waals surface area contributed by atoms with Crippen LogP contribution in [0.4, 0.5) is 22.4 Å². The predicted molar refractivity (Wildman–Crippen MR) is 69.6 cm³/mol. The van der Waals surface area contributed by atoms with Gasteiger partial charge in [0.15, 0.2) is 0 Å². The van der Waals surface area contributed by atoms with Crippen LogP contribution in [0, 0.1) is 11.8 Å². The van der Waals surface area contributed by atoms with E-state index < -0.39 is 54.6 Å². The van der Waals surface area contributed by atoms with E-state index in [1.807, 2.05) is 0 Å². The van der Waals surface area contributed by atoms with Gasteiger partial charge in [-0.25, -0.2) is 9.18 Å². The molecule has 0 radical (unpaired) electrons. The number of urea groups is 1. The van der Waals surface area contributed by atoms with E-state index in [9.17, 15) is 31.9 Å². The first-order valence-electron chi connectivity index (χ1n) is 7.15. The highest BCUT2D eigenvalue weighted by Crippen LogP contribution is 2.36. The zero-order valence-corrected chi connectivity index (χ0v) is 12.3. The molecule has 0 aromatic rings. The average molecular weight is 339 g/mol. The number of hydrogen-bond donors (Lipinski definition) is 2. The van der Waals surface area contributed by atoms with Crippen molar-refractivity contribution in [3.05, 3.63) is 0 Å². The van der Waals surface area contributed by atoms with Crippen molar-refractivity contribution < 1.29 is 31.9 Å². The van der Waals surface area contributed by atoms with Crippen LogP contribution in [-0.2, 0) is 9.59 Å². The number of amides is 4. The first kappa shape index (κ1) is 17.5. The maximum absolute atomic E-state index is 14.2. The minimum Gasteiger partial charge on any atom is -0.369 e. The molecule has 4 amide bonds. The summed E-state index contributed by atoms with van der Waals surface area (Å²) in [5.74, 6) is -2.91. The summed E-state index contributed by atoms with van der Waals surface area (Å²) in [5, 5.41) is 1.67. The van der Waals surface area contributed by atoms with Crippen LogP contribution in [0.5, 0.6) is 0 Å². The van der Waals surface area contributed by atoms with Gasteiger partial charge in [0.05, 0.1) is 12.5 Å². The van der Waals surface area contributed by atoms with Crippen LogP contribution in [-0.4, -0.2) is 47.2 Å². The second-order valence-corrected chi connectivity index (χ2v) is 6.05. The topological polar surface area (TPSA) is 92.5 Å². The van der Waals surface area contributed by atoms with Gasteiger partial charge in [0.25, 0.3) is 0 Å². The third kappa shape index (κ3) is 3.40. The molecule has 1 aliphatic heterocycles. The zero-order valence-electron chi connectivity index (χ0n) is 12.3. The van der Waals surface area contributed by atoms with Gasteiger partial charge in [0.1, 0.15) is 12.2 Å². The van der Waals surface area contributed by atoms with E-state index in [0.29, 0.717) is 4.90 Å². The molecule has 1 saturated carbocycles. The van der Waals surface area contributed by atoms with E-state index in [-0.39, 0.29) is 18.8 Å². The molecule has 5 atom stereocenters. The summed E-state index contributed by atoms with van der Waals surface area (Å²) in [5.41, 5.74) is 5.23. The largest absolute Gasteiger partial charge is 0.409 e. The number of halogens is 4. The van der Waals surface area contributed by atoms with Crippen LogP contribution in [0.1, 0.15) is 26.2 Å². The summed E-state index contributed by atoms with van der Waals surface area (Å²) >= 11 is 0. The molecule has 1 aliphatic carbocycles. The van der Waals surface area contributed by atoms with E-state index in [1.54, 1.807) is 12.2 Å². The maximum Gasteiger partial charge on any atom is 0.409 e. The normalized spacial score (nSPS) is 35.9. The van der Waals surface area contributed by atoms with Crippen LogP contribution in [0.2, 0.25) is 0 Å². The third-order valence-corrected chi connectivity index (χ3v) is 4.45. The summed E-state index contributed by atoms with van der Waals surface area (Å²) < 4.78 is 52.1. The van der Waals surface area contributed by atoms with Crippen molar-refractivity contribution >= 4 is 17.8 Å². The number of nitrogens with two attached hydrogens (primary N) is 1. The highest BCUT2D eigenvalue weighted by Gasteiger charge is 2.51. The van der Waals surface area contributed by atoms with Gasteiger partial charge < -0.3 is 11.1 Å². The van der Waals surface area contributed by atoms with Crippen molar-refractivity contribution in [1.29, 1.82) is 0 Å². The van der Waals surface area contributed by atoms with E-state index in [2.05, 4.69) is 0 Å². The number of carbonyl (C=O) groups is 3. The molecule has 2 aliphatic rings. The van der Waals surface area contributed by atoms with E-state index >= 15 is 0 Å². The summed E-state index contributed by atoms with van der Waals surface area (Å²) in [6, 6.07) is -4.87. The number of primary amides is 1. The van der Waals surface area contributed by atoms with Crippen LogP contribution in [0.25, 0.3) is 0 Å². The van der Waals surface area contributed by atoms with Crippen molar-refractivity contribution in [3.63, 3.8) is 0 Å². The van der Waals surface area contributed by atoms with Gasteiger partial charge >= 0.3 is 12.2 Å². The van der Waals surface area contributed by atoms with Gasteiger partial charge in [-0.05, 0) is 18.8 Å². The van der Waals surface area contributed by atoms with E-state index in [1.165, 1.54) is 0 Å². The Morgan fingerprint density at radius 3 is 2.39 bits per heavy atom. The van der Waals surface area contributed by atoms with Gasteiger partial charge in [-0.15, -0.1) is 0 Å². The Morgan fingerprint density at radius 1 is 1.30 bits per heavy atom. The minimum absolute atomic E-state index is 0.0992. The summed E-state index contributed by atoms with van der Waals surface area (Å²) in [6.07, 6.45) is -7.65. The fourth-order valence-corrected chi connectivity index (χ4v) is 3.17. The molecule has 0 bridgehead atoms. The van der Waals surface area contributed by atoms with Crippen molar-refractivity contribution in [1.82, 2.24) is 10.2 Å². The SMILES string of the molecule is CC1CC(F)C(N2C(=O)CC(C(F)(F)F)NC2=O)CC1C(N)=O. The van der Waals surface area contributed by atoms with Gasteiger partial charge in [-0.1, -0.05) is 6.92 Å². The molecule has 0 aromatic heterocycles. The molecule has 5 unspecified atom stereocenters. The lowest BCUT2D eigenvalue weighted by molar-refractivity contribution is -0.168. The molecule has 0 aromatic carbocycles. The number of carbonyl (C=O) groups excluding carboxylic acids is 3. The Hall–Kier alpha value is -1.87. The highest BCUT2D eigenvalue weighted by atomic mass is 19.4. The number of imide groups is 1. The molecule has 130 valence electrons. The number of nitrogens with zero attached hydrogens (tertiary/aromatic N) is 1.